The van der Waals surface area contributed by atoms with Gasteiger partial charge in [0.05, 0.1) is 71.4 Å². The standard InChI is InChI=1S/C20H17F4N5O5.C20H18F3N5O5.C20H20FN5O5/c1-7-6-29-12-4-11(21)10(14-25-17(34-28-14)20(22,23)24)3-9(12)5-19(13(29)8(2)33-7)15(30)26-18(32)27-16(19)31;1-7-6-28-12-4-11(21)10(15-24-16(14(22)23)33-27-15)3-9(12)5-20(13(28)8(2)32-7)17(29)25-19(31)26-18(20)30;1-8-7-26-14-5-13(21)12(16-22-10(3)31-25-16)4-11(14)6-20(15(26)9(2)30-8)17(27)23-19(29)24-18(20)28/h3-4,7-8,13H,5-6H2,1-2H3,(H2,26,27,30,31,32);3-4,7-8,13-14H,5-6H2,1-2H3,(H2,25,26,29,30,31);4-5,8-9,15H,6-7H2,1-3H3,(H2,23,24,27,28,29)/t2*7-,8+,13-;8-,9+,15-/m111/s1. The van der Waals surface area contributed by atoms with E-state index in [4.69, 9.17) is 18.7 Å². The molecule has 38 heteroatoms. The van der Waals surface area contributed by atoms with Crippen molar-refractivity contribution in [3.05, 3.63) is 88.2 Å². The smallest absolute Gasteiger partial charge is 0.372 e. The summed E-state index contributed by atoms with van der Waals surface area (Å²) in [5.74, 6) is -10.2. The van der Waals surface area contributed by atoms with E-state index in [0.29, 0.717) is 34.7 Å². The number of carbonyl (C=O) groups excluding carboxylic acids is 9. The third-order valence-corrected chi connectivity index (χ3v) is 18.7. The van der Waals surface area contributed by atoms with Gasteiger partial charge in [0.2, 0.25) is 58.8 Å². The summed E-state index contributed by atoms with van der Waals surface area (Å²) in [7, 11) is 0. The van der Waals surface area contributed by atoms with Crippen LogP contribution in [0.4, 0.5) is 66.6 Å². The van der Waals surface area contributed by atoms with Crippen LogP contribution in [0, 0.1) is 40.6 Å². The number of fused-ring (bicyclic) bond motifs is 12. The van der Waals surface area contributed by atoms with E-state index < -0.39 is 165 Å². The first-order valence-corrected chi connectivity index (χ1v) is 30.3. The lowest BCUT2D eigenvalue weighted by atomic mass is 9.66. The van der Waals surface area contributed by atoms with E-state index in [-0.39, 0.29) is 79.1 Å². The van der Waals surface area contributed by atoms with Gasteiger partial charge in [-0.05, 0) is 114 Å². The fraction of sp³-hybridized carbons (Fsp3) is 0.450. The average molecular weight is 1380 g/mol. The van der Waals surface area contributed by atoms with E-state index in [1.165, 1.54) is 30.3 Å². The Morgan fingerprint density at radius 2 is 0.765 bits per heavy atom. The van der Waals surface area contributed by atoms with Crippen molar-refractivity contribution in [2.24, 2.45) is 16.2 Å². The van der Waals surface area contributed by atoms with Crippen LogP contribution < -0.4 is 46.6 Å². The van der Waals surface area contributed by atoms with E-state index >= 15 is 13.2 Å². The number of nitrogens with one attached hydrogen (secondary N) is 6. The van der Waals surface area contributed by atoms with Crippen LogP contribution in [0.3, 0.4) is 0 Å². The molecule has 6 aromatic rings. The Bertz CT molecular complexity index is 4350. The Labute approximate surface area is 545 Å². The van der Waals surface area contributed by atoms with E-state index in [1.54, 1.807) is 51.3 Å². The minimum absolute atomic E-state index is 0.0410. The Balaban J connectivity index is 0.000000132. The number of hydrogen-bond acceptors (Lipinski definition) is 24. The van der Waals surface area contributed by atoms with Gasteiger partial charge in [-0.25, -0.2) is 27.6 Å². The van der Waals surface area contributed by atoms with Crippen molar-refractivity contribution in [1.82, 2.24) is 62.3 Å². The highest BCUT2D eigenvalue weighted by molar-refractivity contribution is 6.22. The van der Waals surface area contributed by atoms with Gasteiger partial charge in [0.25, 0.3) is 5.89 Å². The lowest BCUT2D eigenvalue weighted by Crippen LogP contribution is -2.75. The molecule has 6 N–H and O–H groups in total. The van der Waals surface area contributed by atoms with Crippen molar-refractivity contribution in [3.63, 3.8) is 0 Å². The molecule has 3 spiro atoms. The molecule has 15 rings (SSSR count). The van der Waals surface area contributed by atoms with Gasteiger partial charge in [-0.3, -0.25) is 60.7 Å². The Kier molecular flexibility index (Phi) is 16.0. The van der Waals surface area contributed by atoms with Gasteiger partial charge in [-0.15, -0.1) is 0 Å². The summed E-state index contributed by atoms with van der Waals surface area (Å²) >= 11 is 0. The number of anilines is 3. The quantitative estimate of drug-likeness (QED) is 0.104. The summed E-state index contributed by atoms with van der Waals surface area (Å²) < 4.78 is 141. The van der Waals surface area contributed by atoms with Crippen molar-refractivity contribution in [2.75, 3.05) is 34.3 Å². The van der Waals surface area contributed by atoms with Crippen molar-refractivity contribution in [2.45, 2.75) is 135 Å². The third-order valence-electron chi connectivity index (χ3n) is 18.7. The molecular weight excluding hydrogens is 1320 g/mol. The fourth-order valence-corrected chi connectivity index (χ4v) is 15.2. The van der Waals surface area contributed by atoms with Gasteiger partial charge in [0.15, 0.2) is 16.2 Å². The summed E-state index contributed by atoms with van der Waals surface area (Å²) in [5.41, 5.74) is -3.14. The monoisotopic (exact) mass is 1380 g/mol. The molecule has 9 aliphatic heterocycles. The van der Waals surface area contributed by atoms with Crippen LogP contribution >= 0.6 is 0 Å². The first-order valence-electron chi connectivity index (χ1n) is 30.3. The van der Waals surface area contributed by atoms with Gasteiger partial charge in [0.1, 0.15) is 17.5 Å². The predicted molar refractivity (Wildman–Crippen MR) is 311 cm³/mol. The van der Waals surface area contributed by atoms with Crippen LogP contribution in [-0.4, -0.2) is 158 Å². The number of rotatable bonds is 4. The molecule has 12 heterocycles. The maximum absolute atomic E-state index is 15.1. The number of alkyl halides is 5. The normalized spacial score (nSPS) is 26.4. The fourth-order valence-electron chi connectivity index (χ4n) is 15.2. The van der Waals surface area contributed by atoms with Crippen molar-refractivity contribution in [3.8, 4) is 34.2 Å². The van der Waals surface area contributed by atoms with Crippen LogP contribution in [0.2, 0.25) is 0 Å². The molecule has 0 unspecified atom stereocenters. The summed E-state index contributed by atoms with van der Waals surface area (Å²) in [6, 6.07) is 2.50. The number of urea groups is 3. The van der Waals surface area contributed by atoms with E-state index in [2.05, 4.69) is 71.4 Å². The van der Waals surface area contributed by atoms with Gasteiger partial charge < -0.3 is 42.5 Å². The molecular formula is C60H55F8N15O15. The summed E-state index contributed by atoms with van der Waals surface area (Å²) in [4.78, 5) is 130. The van der Waals surface area contributed by atoms with E-state index in [1.807, 2.05) is 11.8 Å². The predicted octanol–water partition coefficient (Wildman–Crippen LogP) is 4.56. The second-order valence-electron chi connectivity index (χ2n) is 25.1. The Hall–Kier alpha value is -10.4. The molecule has 6 fully saturated rings. The minimum atomic E-state index is -4.92. The molecule has 0 aliphatic carbocycles. The third kappa shape index (κ3) is 10.7. The summed E-state index contributed by atoms with van der Waals surface area (Å²) in [6.07, 6.45) is -11.1. The number of benzene rings is 3. The molecule has 30 nitrogen and oxygen atoms in total. The number of halogens is 8. The molecule has 3 aromatic heterocycles. The second-order valence-corrected chi connectivity index (χ2v) is 25.1. The van der Waals surface area contributed by atoms with E-state index in [9.17, 15) is 65.1 Å². The maximum Gasteiger partial charge on any atom is 0.471 e. The highest BCUT2D eigenvalue weighted by Crippen LogP contribution is 2.52. The van der Waals surface area contributed by atoms with Crippen molar-refractivity contribution < 1.29 is 106 Å². The van der Waals surface area contributed by atoms with Crippen molar-refractivity contribution in [1.29, 1.82) is 0 Å². The molecule has 9 atom stereocenters. The Morgan fingerprint density at radius 1 is 0.459 bits per heavy atom. The second kappa shape index (κ2) is 23.7. The van der Waals surface area contributed by atoms with Gasteiger partial charge in [-0.2, -0.15) is 36.9 Å². The molecule has 516 valence electrons. The minimum Gasteiger partial charge on any atom is -0.372 e. The number of hydrogen-bond donors (Lipinski definition) is 6. The first-order chi connectivity index (χ1) is 46.2. The lowest BCUT2D eigenvalue weighted by molar-refractivity contribution is -0.159. The summed E-state index contributed by atoms with van der Waals surface area (Å²) in [6.45, 7) is 12.9. The molecule has 12 amide bonds. The number of morpholine rings is 3. The molecule has 9 aliphatic rings. The zero-order chi connectivity index (χ0) is 70.3. The number of ether oxygens (including phenoxy) is 3. The van der Waals surface area contributed by atoms with Crippen LogP contribution in [0.25, 0.3) is 34.2 Å². The van der Waals surface area contributed by atoms with Crippen LogP contribution in [0.1, 0.15) is 82.3 Å². The largest absolute Gasteiger partial charge is 0.471 e. The molecule has 98 heavy (non-hydrogen) atoms. The average Bonchev–Trinajstić information content (AvgIpc) is 1.09. The lowest BCUT2D eigenvalue weighted by Gasteiger charge is -2.55. The highest BCUT2D eigenvalue weighted by atomic mass is 19.4. The van der Waals surface area contributed by atoms with Crippen molar-refractivity contribution >= 4 is 70.6 Å². The first kappa shape index (κ1) is 66.3. The zero-order valence-electron chi connectivity index (χ0n) is 52.2. The number of amides is 12. The Morgan fingerprint density at radius 3 is 1.05 bits per heavy atom. The van der Waals surface area contributed by atoms with Crippen LogP contribution in [0.5, 0.6) is 0 Å². The molecule has 6 saturated heterocycles. The summed E-state index contributed by atoms with van der Waals surface area (Å²) in [5, 5.41) is 23.4. The number of imide groups is 6. The van der Waals surface area contributed by atoms with Gasteiger partial charge in [0, 0.05) is 43.6 Å². The number of barbiturate groups is 3. The molecule has 3 aromatic carbocycles. The molecule has 0 radical (unpaired) electrons. The highest BCUT2D eigenvalue weighted by Gasteiger charge is 2.66. The van der Waals surface area contributed by atoms with E-state index in [0.717, 1.165) is 6.07 Å². The number of nitrogens with zero attached hydrogens (tertiary/aromatic N) is 9. The number of aromatic nitrogens is 6. The maximum atomic E-state index is 15.1. The van der Waals surface area contributed by atoms with Crippen LogP contribution in [-0.2, 0) is 68.4 Å². The topological polar surface area (TPSA) is 380 Å². The SMILES string of the molecule is C[C@@H]1CN2c3cc(F)c(-c4noc(C(F)(F)F)n4)cc3CC3(C(=O)NC(=O)NC3=O)[C@H]2[C@H](C)O1.C[C@@H]1CN2c3cc(F)c(-c4noc(C(F)F)n4)cc3CC3(C(=O)NC(=O)NC3=O)[C@H]2[C@H](C)O1.Cc1nc(-c2cc3c(cc2F)N2C[C@@H](C)O[C@@H](C)[C@@H]2C2(C3)C(=O)NC(=O)NC2=O)no1. The number of aryl methyl sites for hydroxylation is 1. The van der Waals surface area contributed by atoms with Gasteiger partial charge in [-0.1, -0.05) is 15.5 Å². The zero-order valence-corrected chi connectivity index (χ0v) is 52.2. The van der Waals surface area contributed by atoms with Crippen LogP contribution in [0.15, 0.2) is 50.0 Å². The molecule has 0 bridgehead atoms. The van der Waals surface area contributed by atoms with Gasteiger partial charge >= 0.3 is 36.6 Å². The number of carbonyl (C=O) groups is 9. The molecule has 0 saturated carbocycles.